The van der Waals surface area contributed by atoms with Crippen molar-refractivity contribution in [1.82, 2.24) is 0 Å². The van der Waals surface area contributed by atoms with E-state index in [2.05, 4.69) is 0 Å². The maximum absolute atomic E-state index is 11.3. The Morgan fingerprint density at radius 2 is 1.83 bits per heavy atom. The maximum atomic E-state index is 11.3. The fraction of sp³-hybridized carbons (Fsp3) is 0.308. The zero-order valence-electron chi connectivity index (χ0n) is 9.51. The fourth-order valence-electron chi connectivity index (χ4n) is 1.82. The van der Waals surface area contributed by atoms with Gasteiger partial charge in [0.1, 0.15) is 18.3 Å². The summed E-state index contributed by atoms with van der Waals surface area (Å²) in [4.78, 5) is 11.3. The molecule has 5 nitrogen and oxygen atoms in total. The van der Waals surface area contributed by atoms with Crippen molar-refractivity contribution in [3.63, 3.8) is 0 Å². The first kappa shape index (κ1) is 12.8. The molecule has 0 fully saturated rings. The van der Waals surface area contributed by atoms with E-state index in [1.54, 1.807) is 30.3 Å². The van der Waals surface area contributed by atoms with E-state index < -0.39 is 30.4 Å². The summed E-state index contributed by atoms with van der Waals surface area (Å²) < 4.78 is 4.92. The second-order valence-electron chi connectivity index (χ2n) is 4.10. The highest BCUT2D eigenvalue weighted by atomic mass is 16.6. The zero-order valence-corrected chi connectivity index (χ0v) is 9.51. The lowest BCUT2D eigenvalue weighted by Crippen LogP contribution is -2.41. The van der Waals surface area contributed by atoms with E-state index in [1.165, 1.54) is 0 Å². The summed E-state index contributed by atoms with van der Waals surface area (Å²) >= 11 is 0. The number of carbonyl (C=O) groups excluding carboxylic acids is 1. The topological polar surface area (TPSA) is 87.0 Å². The smallest absolute Gasteiger partial charge is 0.330 e. The second-order valence-corrected chi connectivity index (χ2v) is 4.10. The number of rotatable bonds is 2. The molecule has 1 aromatic carbocycles. The first-order valence-corrected chi connectivity index (χ1v) is 5.57. The molecule has 96 valence electrons. The lowest BCUT2D eigenvalue weighted by atomic mass is 9.97. The van der Waals surface area contributed by atoms with Gasteiger partial charge in [-0.25, -0.2) is 4.79 Å². The maximum Gasteiger partial charge on any atom is 0.330 e. The standard InChI is InChI=1S/C13H14O5/c14-9-6-7-10(15)18-13(12(9)17)11(16)8-4-2-1-3-5-8/h1-7,9,11-14,16-17H/t9-,11-,12+,13+/m0/s1. The number of cyclic esters (lactones) is 1. The highest BCUT2D eigenvalue weighted by molar-refractivity contribution is 5.82. The number of hydrogen-bond donors (Lipinski definition) is 3. The first-order chi connectivity index (χ1) is 8.59. The molecule has 1 heterocycles. The third-order valence-electron chi connectivity index (χ3n) is 2.82. The molecule has 3 N–H and O–H groups in total. The molecule has 0 radical (unpaired) electrons. The number of aliphatic hydroxyl groups excluding tert-OH is 3. The molecule has 2 rings (SSSR count). The van der Waals surface area contributed by atoms with Crippen molar-refractivity contribution in [3.8, 4) is 0 Å². The van der Waals surface area contributed by atoms with Crippen molar-refractivity contribution >= 4 is 5.97 Å². The van der Waals surface area contributed by atoms with Crippen LogP contribution in [0.5, 0.6) is 0 Å². The molecule has 1 aliphatic rings. The predicted molar refractivity (Wildman–Crippen MR) is 62.4 cm³/mol. The summed E-state index contributed by atoms with van der Waals surface area (Å²) in [7, 11) is 0. The third-order valence-corrected chi connectivity index (χ3v) is 2.82. The van der Waals surface area contributed by atoms with Crippen molar-refractivity contribution < 1.29 is 24.9 Å². The van der Waals surface area contributed by atoms with E-state index in [1.807, 2.05) is 0 Å². The van der Waals surface area contributed by atoms with Crippen molar-refractivity contribution in [1.29, 1.82) is 0 Å². The number of benzene rings is 1. The normalized spacial score (nSPS) is 29.5. The molecule has 0 spiro atoms. The zero-order chi connectivity index (χ0) is 13.1. The largest absolute Gasteiger partial charge is 0.453 e. The van der Waals surface area contributed by atoms with Gasteiger partial charge >= 0.3 is 5.97 Å². The number of esters is 1. The SMILES string of the molecule is O=C1C=C[C@H](O)[C@@H](O)[C@@H]([C@@H](O)c2ccccc2)O1. The summed E-state index contributed by atoms with van der Waals surface area (Å²) in [6.07, 6.45) is -2.84. The van der Waals surface area contributed by atoms with Gasteiger partial charge in [0.2, 0.25) is 0 Å². The average Bonchev–Trinajstić information content (AvgIpc) is 2.52. The molecule has 0 amide bonds. The number of hydrogen-bond acceptors (Lipinski definition) is 5. The van der Waals surface area contributed by atoms with Crippen LogP contribution in [-0.4, -0.2) is 39.6 Å². The summed E-state index contributed by atoms with van der Waals surface area (Å²) in [5.74, 6) is -0.703. The molecule has 0 aromatic heterocycles. The van der Waals surface area contributed by atoms with Gasteiger partial charge < -0.3 is 20.1 Å². The average molecular weight is 250 g/mol. The van der Waals surface area contributed by atoms with Crippen LogP contribution >= 0.6 is 0 Å². The van der Waals surface area contributed by atoms with Gasteiger partial charge in [-0.1, -0.05) is 30.3 Å². The quantitative estimate of drug-likeness (QED) is 0.639. The van der Waals surface area contributed by atoms with Crippen LogP contribution in [0.15, 0.2) is 42.5 Å². The summed E-state index contributed by atoms with van der Waals surface area (Å²) in [6, 6.07) is 8.52. The highest BCUT2D eigenvalue weighted by Crippen LogP contribution is 2.25. The van der Waals surface area contributed by atoms with Gasteiger partial charge in [-0.05, 0) is 11.6 Å². The Morgan fingerprint density at radius 1 is 1.17 bits per heavy atom. The Bertz CT molecular complexity index is 442. The molecule has 5 heteroatoms. The van der Waals surface area contributed by atoms with E-state index in [9.17, 15) is 20.1 Å². The predicted octanol–water partition coefficient (Wildman–Crippen LogP) is -0.0766. The van der Waals surface area contributed by atoms with Crippen LogP contribution < -0.4 is 0 Å². The summed E-state index contributed by atoms with van der Waals surface area (Å²) in [6.45, 7) is 0. The van der Waals surface area contributed by atoms with Gasteiger partial charge in [0.05, 0.1) is 0 Å². The molecule has 0 saturated heterocycles. The monoisotopic (exact) mass is 250 g/mol. The first-order valence-electron chi connectivity index (χ1n) is 5.57. The Balaban J connectivity index is 2.23. The van der Waals surface area contributed by atoms with E-state index >= 15 is 0 Å². The lowest BCUT2D eigenvalue weighted by molar-refractivity contribution is -0.162. The third kappa shape index (κ3) is 2.59. The summed E-state index contributed by atoms with van der Waals surface area (Å²) in [5.41, 5.74) is 0.503. The molecule has 0 bridgehead atoms. The van der Waals surface area contributed by atoms with Crippen LogP contribution in [0.25, 0.3) is 0 Å². The molecular weight excluding hydrogens is 236 g/mol. The highest BCUT2D eigenvalue weighted by Gasteiger charge is 2.36. The number of ether oxygens (including phenoxy) is 1. The van der Waals surface area contributed by atoms with Crippen LogP contribution in [0.3, 0.4) is 0 Å². The minimum atomic E-state index is -1.37. The molecule has 0 saturated carbocycles. The number of aliphatic hydroxyl groups is 3. The minimum Gasteiger partial charge on any atom is -0.453 e. The van der Waals surface area contributed by atoms with Crippen LogP contribution in [0, 0.1) is 0 Å². The Morgan fingerprint density at radius 3 is 2.50 bits per heavy atom. The molecule has 0 unspecified atom stereocenters. The van der Waals surface area contributed by atoms with Crippen LogP contribution in [0.1, 0.15) is 11.7 Å². The molecular formula is C13H14O5. The molecule has 4 atom stereocenters. The van der Waals surface area contributed by atoms with E-state index in [0.717, 1.165) is 12.2 Å². The minimum absolute atomic E-state index is 0.503. The van der Waals surface area contributed by atoms with Crippen molar-refractivity contribution in [2.24, 2.45) is 0 Å². The second kappa shape index (κ2) is 5.30. The number of carbonyl (C=O) groups is 1. The van der Waals surface area contributed by atoms with Crippen LogP contribution in [0.4, 0.5) is 0 Å². The van der Waals surface area contributed by atoms with Gasteiger partial charge in [0.25, 0.3) is 0 Å². The van der Waals surface area contributed by atoms with E-state index in [0.29, 0.717) is 5.56 Å². The molecule has 1 aliphatic heterocycles. The van der Waals surface area contributed by atoms with Crippen molar-refractivity contribution in [2.75, 3.05) is 0 Å². The molecule has 1 aromatic rings. The Kier molecular flexibility index (Phi) is 3.76. The van der Waals surface area contributed by atoms with E-state index in [4.69, 9.17) is 4.74 Å². The molecule has 0 aliphatic carbocycles. The van der Waals surface area contributed by atoms with Gasteiger partial charge in [-0.3, -0.25) is 0 Å². The van der Waals surface area contributed by atoms with Gasteiger partial charge in [-0.2, -0.15) is 0 Å². The van der Waals surface area contributed by atoms with Crippen molar-refractivity contribution in [2.45, 2.75) is 24.4 Å². The lowest BCUT2D eigenvalue weighted by Gasteiger charge is -2.27. The van der Waals surface area contributed by atoms with Gasteiger partial charge in [0, 0.05) is 6.08 Å². The molecule has 18 heavy (non-hydrogen) atoms. The Hall–Kier alpha value is -1.69. The summed E-state index contributed by atoms with van der Waals surface area (Å²) in [5, 5.41) is 29.5. The van der Waals surface area contributed by atoms with Gasteiger partial charge in [0.15, 0.2) is 6.10 Å². The fourth-order valence-corrected chi connectivity index (χ4v) is 1.82. The van der Waals surface area contributed by atoms with E-state index in [-0.39, 0.29) is 0 Å². The van der Waals surface area contributed by atoms with Crippen LogP contribution in [0.2, 0.25) is 0 Å². The Labute approximate surface area is 104 Å². The van der Waals surface area contributed by atoms with Crippen LogP contribution in [-0.2, 0) is 9.53 Å². The van der Waals surface area contributed by atoms with Gasteiger partial charge in [-0.15, -0.1) is 0 Å². The van der Waals surface area contributed by atoms with Crippen molar-refractivity contribution in [3.05, 3.63) is 48.0 Å².